The first-order valence-corrected chi connectivity index (χ1v) is 8.34. The quantitative estimate of drug-likeness (QED) is 0.747. The summed E-state index contributed by atoms with van der Waals surface area (Å²) in [5.74, 6) is 0.277. The van der Waals surface area contributed by atoms with Crippen LogP contribution in [0.3, 0.4) is 0 Å². The fraction of sp³-hybridized carbons (Fsp3) is 0.350. The standard InChI is InChI=1S/C20H24O5/c1-4-24-16-10-6-8-14(12-16)17(20(21)22)13-15-9-7-11-18(23-3)19(15)25-5-2/h6-12,17H,4-5,13H2,1-3H3,(H,21,22). The minimum absolute atomic E-state index is 0.303. The third-order valence-corrected chi connectivity index (χ3v) is 3.86. The summed E-state index contributed by atoms with van der Waals surface area (Å²) in [6.07, 6.45) is 0.303. The predicted molar refractivity (Wildman–Crippen MR) is 95.9 cm³/mol. The second-order valence-corrected chi connectivity index (χ2v) is 5.48. The van der Waals surface area contributed by atoms with Gasteiger partial charge < -0.3 is 19.3 Å². The number of hydrogen-bond donors (Lipinski definition) is 1. The molecule has 2 rings (SSSR count). The van der Waals surface area contributed by atoms with Gasteiger partial charge in [0, 0.05) is 0 Å². The van der Waals surface area contributed by atoms with Crippen molar-refractivity contribution in [3.05, 3.63) is 53.6 Å². The highest BCUT2D eigenvalue weighted by molar-refractivity contribution is 5.77. The average molecular weight is 344 g/mol. The highest BCUT2D eigenvalue weighted by atomic mass is 16.5. The molecule has 2 aromatic carbocycles. The Morgan fingerprint density at radius 2 is 1.80 bits per heavy atom. The molecule has 5 nitrogen and oxygen atoms in total. The van der Waals surface area contributed by atoms with Crippen molar-refractivity contribution in [2.75, 3.05) is 20.3 Å². The van der Waals surface area contributed by atoms with Crippen LogP contribution in [-0.2, 0) is 11.2 Å². The molecule has 2 aromatic rings. The number of ether oxygens (including phenoxy) is 3. The van der Waals surface area contributed by atoms with Crippen LogP contribution in [0.4, 0.5) is 0 Å². The van der Waals surface area contributed by atoms with Gasteiger partial charge in [-0.3, -0.25) is 4.79 Å². The summed E-state index contributed by atoms with van der Waals surface area (Å²) in [5.41, 5.74) is 1.50. The molecule has 5 heteroatoms. The molecule has 134 valence electrons. The second kappa shape index (κ2) is 8.97. The van der Waals surface area contributed by atoms with Gasteiger partial charge in [-0.25, -0.2) is 0 Å². The summed E-state index contributed by atoms with van der Waals surface area (Å²) in [4.78, 5) is 11.9. The number of aliphatic carboxylic acids is 1. The number of carboxylic acids is 1. The van der Waals surface area contributed by atoms with Gasteiger partial charge in [-0.15, -0.1) is 0 Å². The first-order chi connectivity index (χ1) is 12.1. The molecule has 0 spiro atoms. The molecule has 0 aliphatic heterocycles. The van der Waals surface area contributed by atoms with Crippen molar-refractivity contribution in [1.82, 2.24) is 0 Å². The van der Waals surface area contributed by atoms with Crippen LogP contribution in [0.15, 0.2) is 42.5 Å². The van der Waals surface area contributed by atoms with Crippen molar-refractivity contribution in [1.29, 1.82) is 0 Å². The van der Waals surface area contributed by atoms with E-state index in [0.29, 0.717) is 42.4 Å². The number of carboxylic acid groups (broad SMARTS) is 1. The maximum atomic E-state index is 11.9. The summed E-state index contributed by atoms with van der Waals surface area (Å²) in [6, 6.07) is 12.7. The number of rotatable bonds is 9. The fourth-order valence-corrected chi connectivity index (χ4v) is 2.75. The van der Waals surface area contributed by atoms with E-state index in [2.05, 4.69) is 0 Å². The molecule has 0 aliphatic rings. The van der Waals surface area contributed by atoms with Gasteiger partial charge in [0.2, 0.25) is 0 Å². The lowest BCUT2D eigenvalue weighted by molar-refractivity contribution is -0.138. The van der Waals surface area contributed by atoms with Crippen LogP contribution in [0.1, 0.15) is 30.9 Å². The zero-order chi connectivity index (χ0) is 18.2. The molecule has 0 aliphatic carbocycles. The Labute approximate surface area is 148 Å². The topological polar surface area (TPSA) is 65.0 Å². The fourth-order valence-electron chi connectivity index (χ4n) is 2.75. The monoisotopic (exact) mass is 344 g/mol. The normalized spacial score (nSPS) is 11.6. The van der Waals surface area contributed by atoms with Gasteiger partial charge in [0.05, 0.1) is 26.2 Å². The number of carbonyl (C=O) groups is 1. The molecular formula is C20H24O5. The minimum Gasteiger partial charge on any atom is -0.494 e. The maximum absolute atomic E-state index is 11.9. The van der Waals surface area contributed by atoms with Gasteiger partial charge >= 0.3 is 5.97 Å². The molecule has 1 N–H and O–H groups in total. The average Bonchev–Trinajstić information content (AvgIpc) is 2.61. The Morgan fingerprint density at radius 3 is 2.44 bits per heavy atom. The summed E-state index contributed by atoms with van der Waals surface area (Å²) in [7, 11) is 1.57. The van der Waals surface area contributed by atoms with Crippen molar-refractivity contribution >= 4 is 5.97 Å². The van der Waals surface area contributed by atoms with Crippen molar-refractivity contribution < 1.29 is 24.1 Å². The van der Waals surface area contributed by atoms with Crippen molar-refractivity contribution in [2.45, 2.75) is 26.2 Å². The molecule has 0 heterocycles. The molecule has 0 saturated carbocycles. The number of benzene rings is 2. The molecule has 0 amide bonds. The van der Waals surface area contributed by atoms with E-state index in [0.717, 1.165) is 5.56 Å². The van der Waals surface area contributed by atoms with Crippen LogP contribution in [0, 0.1) is 0 Å². The largest absolute Gasteiger partial charge is 0.494 e. The Balaban J connectivity index is 2.37. The van der Waals surface area contributed by atoms with E-state index < -0.39 is 11.9 Å². The SMILES string of the molecule is CCOc1cccc(C(Cc2cccc(OC)c2OCC)C(=O)O)c1. The Kier molecular flexibility index (Phi) is 6.69. The van der Waals surface area contributed by atoms with E-state index >= 15 is 0 Å². The Bertz CT molecular complexity index is 711. The van der Waals surface area contributed by atoms with Crippen molar-refractivity contribution in [2.24, 2.45) is 0 Å². The van der Waals surface area contributed by atoms with E-state index in [1.165, 1.54) is 0 Å². The summed E-state index contributed by atoms with van der Waals surface area (Å²) >= 11 is 0. The molecule has 0 saturated heterocycles. The molecular weight excluding hydrogens is 320 g/mol. The summed E-state index contributed by atoms with van der Waals surface area (Å²) in [5, 5.41) is 9.74. The van der Waals surface area contributed by atoms with Crippen LogP contribution < -0.4 is 14.2 Å². The number of hydrogen-bond acceptors (Lipinski definition) is 4. The summed E-state index contributed by atoms with van der Waals surface area (Å²) in [6.45, 7) is 4.79. The second-order valence-electron chi connectivity index (χ2n) is 5.48. The lowest BCUT2D eigenvalue weighted by Gasteiger charge is -2.18. The third-order valence-electron chi connectivity index (χ3n) is 3.86. The molecule has 0 aromatic heterocycles. The predicted octanol–water partition coefficient (Wildman–Crippen LogP) is 3.90. The van der Waals surface area contributed by atoms with E-state index in [-0.39, 0.29) is 0 Å². The lowest BCUT2D eigenvalue weighted by atomic mass is 9.91. The van der Waals surface area contributed by atoms with E-state index in [9.17, 15) is 9.90 Å². The molecule has 0 bridgehead atoms. The molecule has 0 radical (unpaired) electrons. The number of methoxy groups -OCH3 is 1. The van der Waals surface area contributed by atoms with Crippen molar-refractivity contribution in [3.63, 3.8) is 0 Å². The first kappa shape index (κ1) is 18.6. The third kappa shape index (κ3) is 4.66. The number of para-hydroxylation sites is 1. The molecule has 0 fully saturated rings. The van der Waals surface area contributed by atoms with Crippen LogP contribution in [0.25, 0.3) is 0 Å². The van der Waals surface area contributed by atoms with Crippen molar-refractivity contribution in [3.8, 4) is 17.2 Å². The molecule has 25 heavy (non-hydrogen) atoms. The van der Waals surface area contributed by atoms with Crippen LogP contribution in [0.5, 0.6) is 17.2 Å². The zero-order valence-electron chi connectivity index (χ0n) is 14.8. The van der Waals surface area contributed by atoms with Gasteiger partial charge in [0.1, 0.15) is 5.75 Å². The first-order valence-electron chi connectivity index (χ1n) is 8.34. The summed E-state index contributed by atoms with van der Waals surface area (Å²) < 4.78 is 16.5. The van der Waals surface area contributed by atoms with Gasteiger partial charge in [0.15, 0.2) is 11.5 Å². The zero-order valence-corrected chi connectivity index (χ0v) is 14.8. The van der Waals surface area contributed by atoms with Crippen LogP contribution in [0.2, 0.25) is 0 Å². The lowest BCUT2D eigenvalue weighted by Crippen LogP contribution is -2.15. The van der Waals surface area contributed by atoms with Crippen LogP contribution in [-0.4, -0.2) is 31.4 Å². The maximum Gasteiger partial charge on any atom is 0.311 e. The van der Waals surface area contributed by atoms with E-state index in [1.807, 2.05) is 44.2 Å². The minimum atomic E-state index is -0.890. The van der Waals surface area contributed by atoms with Gasteiger partial charge in [0.25, 0.3) is 0 Å². The molecule has 1 atom stereocenters. The molecule has 1 unspecified atom stereocenters. The van der Waals surface area contributed by atoms with E-state index in [4.69, 9.17) is 14.2 Å². The van der Waals surface area contributed by atoms with Crippen LogP contribution >= 0.6 is 0 Å². The highest BCUT2D eigenvalue weighted by Crippen LogP contribution is 2.35. The van der Waals surface area contributed by atoms with Gasteiger partial charge in [-0.2, -0.15) is 0 Å². The van der Waals surface area contributed by atoms with Gasteiger partial charge in [-0.05, 0) is 49.6 Å². The smallest absolute Gasteiger partial charge is 0.311 e. The van der Waals surface area contributed by atoms with Gasteiger partial charge in [-0.1, -0.05) is 24.3 Å². The highest BCUT2D eigenvalue weighted by Gasteiger charge is 2.23. The van der Waals surface area contributed by atoms with E-state index in [1.54, 1.807) is 19.2 Å². The Hall–Kier alpha value is -2.69. The Morgan fingerprint density at radius 1 is 1.08 bits per heavy atom.